The van der Waals surface area contributed by atoms with E-state index in [0.29, 0.717) is 12.3 Å². The van der Waals surface area contributed by atoms with Crippen molar-refractivity contribution in [2.24, 2.45) is 0 Å². The summed E-state index contributed by atoms with van der Waals surface area (Å²) in [6.07, 6.45) is 2.81. The smallest absolute Gasteiger partial charge is 0.188 e. The van der Waals surface area contributed by atoms with Gasteiger partial charge in [0, 0.05) is 31.4 Å². The van der Waals surface area contributed by atoms with E-state index in [1.165, 1.54) is 0 Å². The number of ketones is 1. The third kappa shape index (κ3) is 3.68. The highest BCUT2D eigenvalue weighted by Gasteiger charge is 2.19. The largest absolute Gasteiger partial charge is 0.369 e. The summed E-state index contributed by atoms with van der Waals surface area (Å²) in [7, 11) is 0. The minimum atomic E-state index is -0.0297. The minimum Gasteiger partial charge on any atom is -0.369 e. The SMILES string of the molecule is CCc1[nH]nc(C(=O)Cc2ccc([C@@H]3CNCCO3)nc2)c1Br. The van der Waals surface area contributed by atoms with Crippen LogP contribution in [0.1, 0.15) is 40.5 Å². The lowest BCUT2D eigenvalue weighted by Gasteiger charge is -2.23. The average Bonchev–Trinajstić information content (AvgIpc) is 2.97. The molecule has 1 fully saturated rings. The molecule has 6 nitrogen and oxygen atoms in total. The lowest BCUT2D eigenvalue weighted by molar-refractivity contribution is 0.0250. The van der Waals surface area contributed by atoms with Crippen molar-refractivity contribution >= 4 is 21.7 Å². The van der Waals surface area contributed by atoms with E-state index < -0.39 is 0 Å². The Morgan fingerprint density at radius 1 is 1.48 bits per heavy atom. The van der Waals surface area contributed by atoms with E-state index in [1.54, 1.807) is 6.20 Å². The Hall–Kier alpha value is -1.57. The molecular formula is C16H19BrN4O2. The fourth-order valence-electron chi connectivity index (χ4n) is 2.54. The maximum absolute atomic E-state index is 12.4. The summed E-state index contributed by atoms with van der Waals surface area (Å²) in [6, 6.07) is 3.86. The highest BCUT2D eigenvalue weighted by Crippen LogP contribution is 2.22. The number of aryl methyl sites for hydroxylation is 1. The van der Waals surface area contributed by atoms with Crippen molar-refractivity contribution in [2.75, 3.05) is 19.7 Å². The van der Waals surface area contributed by atoms with Crippen molar-refractivity contribution < 1.29 is 9.53 Å². The van der Waals surface area contributed by atoms with E-state index >= 15 is 0 Å². The second-order valence-corrected chi connectivity index (χ2v) is 6.27. The highest BCUT2D eigenvalue weighted by molar-refractivity contribution is 9.10. The average molecular weight is 379 g/mol. The molecule has 0 spiro atoms. The summed E-state index contributed by atoms with van der Waals surface area (Å²) >= 11 is 3.44. The molecule has 1 aliphatic heterocycles. The molecule has 0 saturated carbocycles. The normalized spacial score (nSPS) is 18.1. The molecule has 3 rings (SSSR count). The van der Waals surface area contributed by atoms with Crippen LogP contribution in [0.25, 0.3) is 0 Å². The second-order valence-electron chi connectivity index (χ2n) is 5.47. The van der Waals surface area contributed by atoms with Crippen LogP contribution in [0.5, 0.6) is 0 Å². The second kappa shape index (κ2) is 7.33. The van der Waals surface area contributed by atoms with Gasteiger partial charge in [-0.3, -0.25) is 14.9 Å². The summed E-state index contributed by atoms with van der Waals surface area (Å²) in [6.45, 7) is 4.35. The molecule has 1 atom stereocenters. The van der Waals surface area contributed by atoms with E-state index in [1.807, 2.05) is 19.1 Å². The number of nitrogens with zero attached hydrogens (tertiary/aromatic N) is 2. The molecule has 2 N–H and O–H groups in total. The van der Waals surface area contributed by atoms with Crippen molar-refractivity contribution in [1.82, 2.24) is 20.5 Å². The molecule has 1 saturated heterocycles. The van der Waals surface area contributed by atoms with Crippen molar-refractivity contribution in [3.63, 3.8) is 0 Å². The first-order valence-corrected chi connectivity index (χ1v) is 8.51. The molecule has 0 unspecified atom stereocenters. The van der Waals surface area contributed by atoms with Crippen LogP contribution in [0.15, 0.2) is 22.8 Å². The van der Waals surface area contributed by atoms with Crippen molar-refractivity contribution in [3.05, 3.63) is 45.4 Å². The predicted molar refractivity (Wildman–Crippen MR) is 89.5 cm³/mol. The predicted octanol–water partition coefficient (Wildman–Crippen LogP) is 2.22. The van der Waals surface area contributed by atoms with Gasteiger partial charge in [-0.15, -0.1) is 0 Å². The highest BCUT2D eigenvalue weighted by atomic mass is 79.9. The lowest BCUT2D eigenvalue weighted by atomic mass is 10.1. The number of carbonyl (C=O) groups excluding carboxylic acids is 1. The van der Waals surface area contributed by atoms with Gasteiger partial charge in [-0.25, -0.2) is 0 Å². The summed E-state index contributed by atoms with van der Waals surface area (Å²) in [5.41, 5.74) is 3.15. The van der Waals surface area contributed by atoms with Gasteiger partial charge in [0.25, 0.3) is 0 Å². The van der Waals surface area contributed by atoms with Crippen LogP contribution in [0.2, 0.25) is 0 Å². The third-order valence-electron chi connectivity index (χ3n) is 3.86. The number of hydrogen-bond donors (Lipinski definition) is 2. The van der Waals surface area contributed by atoms with Crippen LogP contribution < -0.4 is 5.32 Å². The van der Waals surface area contributed by atoms with Gasteiger partial charge in [-0.05, 0) is 34.0 Å². The molecule has 0 bridgehead atoms. The monoisotopic (exact) mass is 378 g/mol. The van der Waals surface area contributed by atoms with Gasteiger partial charge in [-0.2, -0.15) is 5.10 Å². The minimum absolute atomic E-state index is 0.0129. The quantitative estimate of drug-likeness (QED) is 0.779. The summed E-state index contributed by atoms with van der Waals surface area (Å²) in [4.78, 5) is 16.8. The maximum atomic E-state index is 12.4. The van der Waals surface area contributed by atoms with Crippen molar-refractivity contribution in [3.8, 4) is 0 Å². The molecule has 0 aromatic carbocycles. The molecule has 122 valence electrons. The topological polar surface area (TPSA) is 79.9 Å². The Labute approximate surface area is 143 Å². The molecule has 7 heteroatoms. The first kappa shape index (κ1) is 16.3. The van der Waals surface area contributed by atoms with E-state index in [0.717, 1.165) is 40.9 Å². The Balaban J connectivity index is 1.67. The Bertz CT molecular complexity index is 678. The fourth-order valence-corrected chi connectivity index (χ4v) is 3.22. The Morgan fingerprint density at radius 2 is 2.35 bits per heavy atom. The molecular weight excluding hydrogens is 360 g/mol. The summed E-state index contributed by atoms with van der Waals surface area (Å²) in [5.74, 6) is -0.0297. The third-order valence-corrected chi connectivity index (χ3v) is 4.72. The van der Waals surface area contributed by atoms with Gasteiger partial charge in [0.15, 0.2) is 5.78 Å². The Morgan fingerprint density at radius 3 is 2.96 bits per heavy atom. The number of carbonyl (C=O) groups is 1. The van der Waals surface area contributed by atoms with E-state index in [2.05, 4.69) is 36.4 Å². The number of rotatable bonds is 5. The number of Topliss-reactive ketones (excluding diaryl/α,β-unsaturated/α-hetero) is 1. The number of morpholine rings is 1. The molecule has 23 heavy (non-hydrogen) atoms. The van der Waals surface area contributed by atoms with Gasteiger partial charge >= 0.3 is 0 Å². The first-order chi connectivity index (χ1) is 11.2. The van der Waals surface area contributed by atoms with Gasteiger partial charge < -0.3 is 10.1 Å². The molecule has 0 amide bonds. The first-order valence-electron chi connectivity index (χ1n) is 7.72. The zero-order chi connectivity index (χ0) is 16.2. The number of H-pyrrole nitrogens is 1. The van der Waals surface area contributed by atoms with Gasteiger partial charge in [0.1, 0.15) is 11.8 Å². The van der Waals surface area contributed by atoms with Crippen molar-refractivity contribution in [2.45, 2.75) is 25.9 Å². The number of pyridine rings is 1. The van der Waals surface area contributed by atoms with Crippen LogP contribution in [0.4, 0.5) is 0 Å². The van der Waals surface area contributed by atoms with Crippen LogP contribution in [0, 0.1) is 0 Å². The zero-order valence-corrected chi connectivity index (χ0v) is 14.5. The number of nitrogens with one attached hydrogen (secondary N) is 2. The molecule has 0 radical (unpaired) electrons. The number of halogens is 1. The van der Waals surface area contributed by atoms with E-state index in [9.17, 15) is 4.79 Å². The zero-order valence-electron chi connectivity index (χ0n) is 12.9. The number of aromatic nitrogens is 3. The molecule has 3 heterocycles. The van der Waals surface area contributed by atoms with Gasteiger partial charge in [0.2, 0.25) is 0 Å². The van der Waals surface area contributed by atoms with E-state index in [4.69, 9.17) is 4.74 Å². The number of ether oxygens (including phenoxy) is 1. The molecule has 1 aliphatic rings. The molecule has 2 aromatic rings. The Kier molecular flexibility index (Phi) is 5.20. The lowest BCUT2D eigenvalue weighted by Crippen LogP contribution is -2.33. The van der Waals surface area contributed by atoms with Crippen LogP contribution in [0.3, 0.4) is 0 Å². The van der Waals surface area contributed by atoms with Gasteiger partial charge in [-0.1, -0.05) is 13.0 Å². The molecule has 0 aliphatic carbocycles. The number of aromatic amines is 1. The summed E-state index contributed by atoms with van der Waals surface area (Å²) < 4.78 is 6.43. The standard InChI is InChI=1S/C16H19BrN4O2/c1-2-11-15(17)16(21-20-11)13(22)7-10-3-4-12(19-8-10)14-9-18-5-6-23-14/h3-4,8,14,18H,2,5-7,9H2,1H3,(H,20,21)/t14-/m0/s1. The van der Waals surface area contributed by atoms with E-state index in [-0.39, 0.29) is 18.3 Å². The maximum Gasteiger partial charge on any atom is 0.188 e. The van der Waals surface area contributed by atoms with Crippen LogP contribution in [-0.4, -0.2) is 40.7 Å². The van der Waals surface area contributed by atoms with Gasteiger partial charge in [0.05, 0.1) is 16.8 Å². The molecule has 2 aromatic heterocycles. The fraction of sp³-hybridized carbons (Fsp3) is 0.438. The van der Waals surface area contributed by atoms with Crippen LogP contribution in [-0.2, 0) is 17.6 Å². The van der Waals surface area contributed by atoms with Crippen molar-refractivity contribution in [1.29, 1.82) is 0 Å². The summed E-state index contributed by atoms with van der Waals surface area (Å²) in [5, 5.41) is 10.3. The van der Waals surface area contributed by atoms with Crippen LogP contribution >= 0.6 is 15.9 Å². The number of hydrogen-bond acceptors (Lipinski definition) is 5.